The summed E-state index contributed by atoms with van der Waals surface area (Å²) in [6.45, 7) is 4.27. The molecule has 0 aromatic heterocycles. The Labute approximate surface area is 144 Å². The van der Waals surface area contributed by atoms with Gasteiger partial charge in [-0.3, -0.25) is 0 Å². The van der Waals surface area contributed by atoms with Crippen molar-refractivity contribution in [2.45, 2.75) is 31.8 Å². The van der Waals surface area contributed by atoms with Crippen LogP contribution in [0.1, 0.15) is 37.3 Å². The number of benzene rings is 2. The van der Waals surface area contributed by atoms with Crippen LogP contribution in [-0.4, -0.2) is 19.9 Å². The second-order valence-corrected chi connectivity index (χ2v) is 6.69. The lowest BCUT2D eigenvalue weighted by molar-refractivity contribution is 0.316. The fourth-order valence-corrected chi connectivity index (χ4v) is 3.23. The molecule has 4 nitrogen and oxygen atoms in total. The van der Waals surface area contributed by atoms with Crippen molar-refractivity contribution in [2.24, 2.45) is 17.4 Å². The van der Waals surface area contributed by atoms with E-state index in [0.717, 1.165) is 29.0 Å². The van der Waals surface area contributed by atoms with E-state index in [2.05, 4.69) is 13.8 Å². The third kappa shape index (κ3) is 4.28. The maximum atomic E-state index is 6.58. The lowest BCUT2D eigenvalue weighted by atomic mass is 9.77. The number of nitrogens with two attached hydrogens (primary N) is 2. The van der Waals surface area contributed by atoms with Crippen LogP contribution in [0, 0.1) is 5.92 Å². The Balaban J connectivity index is 2.46. The van der Waals surface area contributed by atoms with E-state index in [4.69, 9.17) is 20.9 Å². The van der Waals surface area contributed by atoms with E-state index in [1.54, 1.807) is 14.2 Å². The molecule has 0 saturated heterocycles. The van der Waals surface area contributed by atoms with Gasteiger partial charge in [-0.05, 0) is 47.7 Å². The number of methoxy groups -OCH3 is 2. The lowest BCUT2D eigenvalue weighted by Crippen LogP contribution is -2.55. The first-order valence-electron chi connectivity index (χ1n) is 8.23. The first kappa shape index (κ1) is 18.3. The normalized spacial score (nSPS) is 11.8. The third-order valence-electron chi connectivity index (χ3n) is 4.20. The molecule has 0 saturated carbocycles. The molecule has 0 unspecified atom stereocenters. The fourth-order valence-electron chi connectivity index (χ4n) is 3.23. The minimum Gasteiger partial charge on any atom is -0.497 e. The van der Waals surface area contributed by atoms with Gasteiger partial charge in [-0.25, -0.2) is 0 Å². The summed E-state index contributed by atoms with van der Waals surface area (Å²) in [4.78, 5) is 0. The zero-order chi connectivity index (χ0) is 17.7. The molecule has 2 rings (SSSR count). The van der Waals surface area contributed by atoms with E-state index in [0.29, 0.717) is 5.92 Å². The van der Waals surface area contributed by atoms with Gasteiger partial charge in [0.25, 0.3) is 0 Å². The predicted octanol–water partition coefficient (Wildman–Crippen LogP) is 3.50. The Morgan fingerprint density at radius 1 is 0.792 bits per heavy atom. The van der Waals surface area contributed by atoms with E-state index < -0.39 is 5.66 Å². The molecular formula is C20H28N2O2. The minimum absolute atomic E-state index is 0.114. The van der Waals surface area contributed by atoms with Crippen molar-refractivity contribution >= 4 is 0 Å². The van der Waals surface area contributed by atoms with Gasteiger partial charge in [0.15, 0.2) is 0 Å². The molecule has 0 aliphatic rings. The second kappa shape index (κ2) is 7.69. The van der Waals surface area contributed by atoms with Gasteiger partial charge in [0.05, 0.1) is 19.9 Å². The van der Waals surface area contributed by atoms with Crippen LogP contribution < -0.4 is 20.9 Å². The lowest BCUT2D eigenvalue weighted by Gasteiger charge is -2.36. The summed E-state index contributed by atoms with van der Waals surface area (Å²) in [7, 11) is 3.32. The summed E-state index contributed by atoms with van der Waals surface area (Å²) >= 11 is 0. The van der Waals surface area contributed by atoms with Crippen LogP contribution in [0.15, 0.2) is 48.5 Å². The number of hydrogen-bond acceptors (Lipinski definition) is 4. The van der Waals surface area contributed by atoms with Crippen LogP contribution >= 0.6 is 0 Å². The van der Waals surface area contributed by atoms with Crippen molar-refractivity contribution in [3.63, 3.8) is 0 Å². The number of ether oxygens (including phenoxy) is 2. The number of hydrogen-bond donors (Lipinski definition) is 2. The van der Waals surface area contributed by atoms with Gasteiger partial charge in [0.1, 0.15) is 11.5 Å². The average Bonchev–Trinajstić information content (AvgIpc) is 2.55. The highest BCUT2D eigenvalue weighted by atomic mass is 16.5. The zero-order valence-electron chi connectivity index (χ0n) is 15.0. The van der Waals surface area contributed by atoms with E-state index >= 15 is 0 Å². The Bertz CT molecular complexity index is 586. The molecule has 0 fully saturated rings. The monoisotopic (exact) mass is 328 g/mol. The van der Waals surface area contributed by atoms with Crippen LogP contribution in [0.25, 0.3) is 0 Å². The summed E-state index contributed by atoms with van der Waals surface area (Å²) in [5.41, 5.74) is 14.5. The van der Waals surface area contributed by atoms with Gasteiger partial charge in [-0.2, -0.15) is 0 Å². The molecule has 4 heteroatoms. The molecule has 2 aromatic rings. The van der Waals surface area contributed by atoms with Crippen LogP contribution in [0.2, 0.25) is 0 Å². The summed E-state index contributed by atoms with van der Waals surface area (Å²) in [5.74, 6) is 1.92. The van der Waals surface area contributed by atoms with Crippen LogP contribution in [0.5, 0.6) is 11.5 Å². The highest BCUT2D eigenvalue weighted by Crippen LogP contribution is 2.35. The quantitative estimate of drug-likeness (QED) is 0.763. The predicted molar refractivity (Wildman–Crippen MR) is 98.4 cm³/mol. The van der Waals surface area contributed by atoms with Gasteiger partial charge < -0.3 is 20.9 Å². The van der Waals surface area contributed by atoms with Gasteiger partial charge >= 0.3 is 0 Å². The zero-order valence-corrected chi connectivity index (χ0v) is 15.0. The Morgan fingerprint density at radius 3 is 1.46 bits per heavy atom. The molecule has 24 heavy (non-hydrogen) atoms. The van der Waals surface area contributed by atoms with Gasteiger partial charge in [-0.1, -0.05) is 38.1 Å². The molecule has 0 aliphatic carbocycles. The molecule has 0 radical (unpaired) electrons. The van der Waals surface area contributed by atoms with Crippen LogP contribution in [-0.2, 0) is 0 Å². The topological polar surface area (TPSA) is 70.5 Å². The first-order chi connectivity index (χ1) is 11.4. The van der Waals surface area contributed by atoms with E-state index in [1.165, 1.54) is 0 Å². The smallest absolute Gasteiger partial charge is 0.118 e. The van der Waals surface area contributed by atoms with E-state index in [-0.39, 0.29) is 5.92 Å². The SMILES string of the molecule is COc1ccc(C(c2ccc(OC)cc2)C(N)(N)CC(C)C)cc1. The summed E-state index contributed by atoms with van der Waals surface area (Å²) < 4.78 is 10.5. The summed E-state index contributed by atoms with van der Waals surface area (Å²) in [6, 6.07) is 15.9. The largest absolute Gasteiger partial charge is 0.497 e. The Hall–Kier alpha value is -2.04. The Kier molecular flexibility index (Phi) is 5.86. The maximum absolute atomic E-state index is 6.58. The highest BCUT2D eigenvalue weighted by Gasteiger charge is 2.34. The van der Waals surface area contributed by atoms with E-state index in [1.807, 2.05) is 48.5 Å². The number of rotatable bonds is 7. The Morgan fingerprint density at radius 2 is 1.17 bits per heavy atom. The molecule has 0 atom stereocenters. The van der Waals surface area contributed by atoms with Gasteiger partial charge in [0, 0.05) is 5.92 Å². The van der Waals surface area contributed by atoms with Crippen molar-refractivity contribution in [1.29, 1.82) is 0 Å². The van der Waals surface area contributed by atoms with Crippen molar-refractivity contribution in [1.82, 2.24) is 0 Å². The second-order valence-electron chi connectivity index (χ2n) is 6.69. The molecule has 130 valence electrons. The van der Waals surface area contributed by atoms with E-state index in [9.17, 15) is 0 Å². The van der Waals surface area contributed by atoms with Crippen molar-refractivity contribution in [3.8, 4) is 11.5 Å². The molecule has 2 aromatic carbocycles. The third-order valence-corrected chi connectivity index (χ3v) is 4.20. The molecule has 0 heterocycles. The maximum Gasteiger partial charge on any atom is 0.118 e. The molecule has 0 bridgehead atoms. The standard InChI is InChI=1S/C20H28N2O2/c1-14(2)13-20(21,22)19(15-5-9-17(23-3)10-6-15)16-7-11-18(24-4)12-8-16/h5-12,14,19H,13,21-22H2,1-4H3. The first-order valence-corrected chi connectivity index (χ1v) is 8.23. The van der Waals surface area contributed by atoms with Crippen molar-refractivity contribution < 1.29 is 9.47 Å². The van der Waals surface area contributed by atoms with Gasteiger partial charge in [0.2, 0.25) is 0 Å². The minimum atomic E-state index is -0.850. The fraction of sp³-hybridized carbons (Fsp3) is 0.400. The van der Waals surface area contributed by atoms with Crippen molar-refractivity contribution in [3.05, 3.63) is 59.7 Å². The average molecular weight is 328 g/mol. The van der Waals surface area contributed by atoms with Crippen LogP contribution in [0.4, 0.5) is 0 Å². The van der Waals surface area contributed by atoms with Crippen molar-refractivity contribution in [2.75, 3.05) is 14.2 Å². The molecule has 0 spiro atoms. The molecule has 4 N–H and O–H groups in total. The van der Waals surface area contributed by atoms with Crippen LogP contribution in [0.3, 0.4) is 0 Å². The highest BCUT2D eigenvalue weighted by molar-refractivity contribution is 5.41. The molecule has 0 amide bonds. The molecule has 0 aliphatic heterocycles. The molecular weight excluding hydrogens is 300 g/mol. The summed E-state index contributed by atoms with van der Waals surface area (Å²) in [6.07, 6.45) is 0.718. The summed E-state index contributed by atoms with van der Waals surface area (Å²) in [5, 5.41) is 0. The van der Waals surface area contributed by atoms with Gasteiger partial charge in [-0.15, -0.1) is 0 Å².